The normalized spacial score (nSPS) is 14.0. The SMILES string of the molecule is CCC=CCC=CCC=CCC=CCC=CCCCC(=O)OCC(COP(=O)(O)OCCN)OC(=O)CCCCCCCCCCCCCCC. The molecule has 0 aromatic rings. The smallest absolute Gasteiger partial charge is 0.462 e. The summed E-state index contributed by atoms with van der Waals surface area (Å²) >= 11 is 0. The molecule has 2 unspecified atom stereocenters. The van der Waals surface area contributed by atoms with Crippen molar-refractivity contribution in [3.63, 3.8) is 0 Å². The van der Waals surface area contributed by atoms with Crippen LogP contribution in [0.2, 0.25) is 0 Å². The van der Waals surface area contributed by atoms with E-state index in [0.29, 0.717) is 12.8 Å². The highest BCUT2D eigenvalue weighted by Gasteiger charge is 2.25. The van der Waals surface area contributed by atoms with Gasteiger partial charge < -0.3 is 20.1 Å². The highest BCUT2D eigenvalue weighted by atomic mass is 31.2. The molecule has 2 atom stereocenters. The minimum absolute atomic E-state index is 0.0443. The molecular weight excluding hydrogens is 665 g/mol. The first-order chi connectivity index (χ1) is 24.8. The highest BCUT2D eigenvalue weighted by Crippen LogP contribution is 2.43. The first-order valence-corrected chi connectivity index (χ1v) is 21.3. The van der Waals surface area contributed by atoms with E-state index in [9.17, 15) is 19.0 Å². The predicted octanol–water partition coefficient (Wildman–Crippen LogP) is 10.9. The van der Waals surface area contributed by atoms with Crippen LogP contribution in [0, 0.1) is 0 Å². The van der Waals surface area contributed by atoms with Gasteiger partial charge in [-0.3, -0.25) is 18.6 Å². The molecular formula is C41H72NO8P. The lowest BCUT2D eigenvalue weighted by Crippen LogP contribution is -2.29. The lowest BCUT2D eigenvalue weighted by molar-refractivity contribution is -0.161. The van der Waals surface area contributed by atoms with Crippen molar-refractivity contribution in [2.24, 2.45) is 5.73 Å². The van der Waals surface area contributed by atoms with Crippen LogP contribution in [0.25, 0.3) is 0 Å². The van der Waals surface area contributed by atoms with E-state index in [1.165, 1.54) is 57.8 Å². The Hall–Kier alpha value is -2.29. The minimum Gasteiger partial charge on any atom is -0.462 e. The number of hydrogen-bond acceptors (Lipinski definition) is 8. The number of phosphoric acid groups is 1. The molecule has 0 fully saturated rings. The maximum Gasteiger partial charge on any atom is 0.472 e. The van der Waals surface area contributed by atoms with Crippen LogP contribution in [0.1, 0.15) is 155 Å². The molecule has 0 aromatic heterocycles. The van der Waals surface area contributed by atoms with Gasteiger partial charge in [0, 0.05) is 19.4 Å². The number of carbonyl (C=O) groups excluding carboxylic acids is 2. The number of esters is 2. The van der Waals surface area contributed by atoms with Gasteiger partial charge in [-0.25, -0.2) is 4.57 Å². The first kappa shape index (κ1) is 48.7. The van der Waals surface area contributed by atoms with Crippen LogP contribution in [0.4, 0.5) is 0 Å². The number of unbranched alkanes of at least 4 members (excludes halogenated alkanes) is 13. The molecule has 0 amide bonds. The third-order valence-electron chi connectivity index (χ3n) is 7.92. The second-order valence-corrected chi connectivity index (χ2v) is 14.2. The molecule has 3 N–H and O–H groups in total. The average molecular weight is 738 g/mol. The second kappa shape index (κ2) is 37.5. The van der Waals surface area contributed by atoms with Crippen LogP contribution in [0.15, 0.2) is 60.8 Å². The summed E-state index contributed by atoms with van der Waals surface area (Å²) in [5.41, 5.74) is 5.33. The molecule has 0 heterocycles. The van der Waals surface area contributed by atoms with E-state index < -0.39 is 32.5 Å². The molecule has 0 bridgehead atoms. The average Bonchev–Trinajstić information content (AvgIpc) is 3.11. The van der Waals surface area contributed by atoms with Crippen molar-refractivity contribution in [3.05, 3.63) is 60.8 Å². The third kappa shape index (κ3) is 37.3. The van der Waals surface area contributed by atoms with Gasteiger partial charge in [0.05, 0.1) is 13.2 Å². The molecule has 0 aromatic carbocycles. The predicted molar refractivity (Wildman–Crippen MR) is 210 cm³/mol. The van der Waals surface area contributed by atoms with E-state index in [1.807, 2.05) is 6.08 Å². The lowest BCUT2D eigenvalue weighted by atomic mass is 10.0. The van der Waals surface area contributed by atoms with Crippen LogP contribution in [0.3, 0.4) is 0 Å². The summed E-state index contributed by atoms with van der Waals surface area (Å²) in [5, 5.41) is 0. The van der Waals surface area contributed by atoms with Crippen molar-refractivity contribution < 1.29 is 37.6 Å². The van der Waals surface area contributed by atoms with Crippen LogP contribution < -0.4 is 5.73 Å². The molecule has 51 heavy (non-hydrogen) atoms. The lowest BCUT2D eigenvalue weighted by Gasteiger charge is -2.19. The standard InChI is InChI=1S/C41H72NO8P/c1-3-5-7-9-11-13-15-17-18-19-20-22-23-25-27-29-31-33-40(43)47-37-39(38-49-51(45,46)48-36-35-42)50-41(44)34-32-30-28-26-24-21-16-14-12-10-8-6-4-2/h5,7,11,13,17-18,20,22,25,27,39H,3-4,6,8-10,12,14-16,19,21,23-24,26,28-38,42H2,1-2H3,(H,45,46). The Balaban J connectivity index is 4.31. The van der Waals surface area contributed by atoms with Crippen molar-refractivity contribution in [3.8, 4) is 0 Å². The summed E-state index contributed by atoms with van der Waals surface area (Å²) in [5.74, 6) is -0.900. The van der Waals surface area contributed by atoms with E-state index in [4.69, 9.17) is 24.3 Å². The molecule has 0 saturated carbocycles. The second-order valence-electron chi connectivity index (χ2n) is 12.8. The molecule has 0 saturated heterocycles. The van der Waals surface area contributed by atoms with Gasteiger partial charge in [-0.05, 0) is 51.4 Å². The maximum absolute atomic E-state index is 12.5. The molecule has 10 heteroatoms. The van der Waals surface area contributed by atoms with Crippen LogP contribution in [-0.4, -0.2) is 49.3 Å². The van der Waals surface area contributed by atoms with E-state index >= 15 is 0 Å². The number of ether oxygens (including phenoxy) is 2. The largest absolute Gasteiger partial charge is 0.472 e. The van der Waals surface area contributed by atoms with E-state index in [0.717, 1.165) is 57.8 Å². The summed E-state index contributed by atoms with van der Waals surface area (Å²) in [6.07, 6.45) is 42.6. The van der Waals surface area contributed by atoms with Gasteiger partial charge in [-0.2, -0.15) is 0 Å². The topological polar surface area (TPSA) is 134 Å². The monoisotopic (exact) mass is 737 g/mol. The summed E-state index contributed by atoms with van der Waals surface area (Å²) in [6, 6.07) is 0. The van der Waals surface area contributed by atoms with Crippen molar-refractivity contribution >= 4 is 19.8 Å². The number of nitrogens with two attached hydrogens (primary N) is 1. The molecule has 0 aliphatic rings. The van der Waals surface area contributed by atoms with E-state index in [1.54, 1.807) is 0 Å². The van der Waals surface area contributed by atoms with Gasteiger partial charge in [-0.15, -0.1) is 0 Å². The minimum atomic E-state index is -4.38. The first-order valence-electron chi connectivity index (χ1n) is 19.8. The van der Waals surface area contributed by atoms with Crippen molar-refractivity contribution in [2.75, 3.05) is 26.4 Å². The van der Waals surface area contributed by atoms with Crippen LogP contribution >= 0.6 is 7.82 Å². The van der Waals surface area contributed by atoms with Gasteiger partial charge in [0.25, 0.3) is 0 Å². The quantitative estimate of drug-likeness (QED) is 0.0279. The third-order valence-corrected chi connectivity index (χ3v) is 8.90. The molecule has 0 radical (unpaired) electrons. The number of hydrogen-bond donors (Lipinski definition) is 2. The number of carbonyl (C=O) groups is 2. The van der Waals surface area contributed by atoms with Crippen molar-refractivity contribution in [2.45, 2.75) is 161 Å². The zero-order chi connectivity index (χ0) is 37.5. The Bertz CT molecular complexity index is 1020. The van der Waals surface area contributed by atoms with E-state index in [-0.39, 0.29) is 32.6 Å². The van der Waals surface area contributed by atoms with Crippen molar-refractivity contribution in [1.82, 2.24) is 0 Å². The number of rotatable bonds is 36. The van der Waals surface area contributed by atoms with Gasteiger partial charge in [0.2, 0.25) is 0 Å². The fourth-order valence-electron chi connectivity index (χ4n) is 5.02. The van der Waals surface area contributed by atoms with E-state index in [2.05, 4.69) is 68.5 Å². The molecule has 0 rings (SSSR count). The maximum atomic E-state index is 12.5. The molecule has 294 valence electrons. The fraction of sp³-hybridized carbons (Fsp3) is 0.707. The Kier molecular flexibility index (Phi) is 35.8. The zero-order valence-corrected chi connectivity index (χ0v) is 33.0. The fourth-order valence-corrected chi connectivity index (χ4v) is 5.79. The molecule has 0 aliphatic carbocycles. The Morgan fingerprint density at radius 3 is 1.59 bits per heavy atom. The molecule has 0 aliphatic heterocycles. The summed E-state index contributed by atoms with van der Waals surface area (Å²) in [7, 11) is -4.38. The van der Waals surface area contributed by atoms with Crippen LogP contribution in [-0.2, 0) is 32.7 Å². The summed E-state index contributed by atoms with van der Waals surface area (Å²) in [4.78, 5) is 34.7. The van der Waals surface area contributed by atoms with Crippen LogP contribution in [0.5, 0.6) is 0 Å². The van der Waals surface area contributed by atoms with Crippen molar-refractivity contribution in [1.29, 1.82) is 0 Å². The van der Waals surface area contributed by atoms with Gasteiger partial charge in [0.15, 0.2) is 6.10 Å². The number of phosphoric ester groups is 1. The van der Waals surface area contributed by atoms with Gasteiger partial charge in [0.1, 0.15) is 6.61 Å². The number of allylic oxidation sites excluding steroid dienone is 10. The zero-order valence-electron chi connectivity index (χ0n) is 32.1. The molecule has 0 spiro atoms. The summed E-state index contributed by atoms with van der Waals surface area (Å²) in [6.45, 7) is 3.53. The van der Waals surface area contributed by atoms with Gasteiger partial charge >= 0.3 is 19.8 Å². The Morgan fingerprint density at radius 2 is 1.08 bits per heavy atom. The van der Waals surface area contributed by atoms with Gasteiger partial charge in [-0.1, -0.05) is 152 Å². The summed E-state index contributed by atoms with van der Waals surface area (Å²) < 4.78 is 32.6. The highest BCUT2D eigenvalue weighted by molar-refractivity contribution is 7.47. The Morgan fingerprint density at radius 1 is 0.608 bits per heavy atom. The Labute approximate surface area is 310 Å². The molecule has 9 nitrogen and oxygen atoms in total.